The molecule has 0 amide bonds. The lowest BCUT2D eigenvalue weighted by Crippen LogP contribution is -2.27. The fraction of sp³-hybridized carbons (Fsp3) is 0.368. The van der Waals surface area contributed by atoms with E-state index in [1.807, 2.05) is 18.5 Å². The zero-order valence-corrected chi connectivity index (χ0v) is 14.8. The van der Waals surface area contributed by atoms with Gasteiger partial charge in [-0.25, -0.2) is 9.97 Å². The molecule has 0 radical (unpaired) electrons. The average molecular weight is 341 g/mol. The van der Waals surface area contributed by atoms with Crippen LogP contribution in [0.1, 0.15) is 29.7 Å². The van der Waals surface area contributed by atoms with Crippen LogP contribution in [0.3, 0.4) is 0 Å². The quantitative estimate of drug-likeness (QED) is 0.725. The topological polar surface area (TPSA) is 34.0 Å². The molecule has 0 saturated carbocycles. The number of nitrogens with zero attached hydrogens (tertiary/aromatic N) is 4. The predicted octanol–water partition coefficient (Wildman–Crippen LogP) is 3.88. The van der Waals surface area contributed by atoms with Crippen molar-refractivity contribution in [1.29, 1.82) is 0 Å². The maximum atomic E-state index is 6.27. The Labute approximate surface area is 147 Å². The lowest BCUT2D eigenvalue weighted by Gasteiger charge is -2.25. The van der Waals surface area contributed by atoms with Gasteiger partial charge in [-0.2, -0.15) is 0 Å². The maximum Gasteiger partial charge on any atom is 0.115 e. The Kier molecular flexibility index (Phi) is 4.02. The summed E-state index contributed by atoms with van der Waals surface area (Å²) in [5.74, 6) is 0.362. The van der Waals surface area contributed by atoms with Gasteiger partial charge in [0, 0.05) is 66.0 Å². The van der Waals surface area contributed by atoms with Crippen LogP contribution in [0.2, 0.25) is 5.02 Å². The van der Waals surface area contributed by atoms with E-state index in [2.05, 4.69) is 45.5 Å². The largest absolute Gasteiger partial charge is 0.344 e. The van der Waals surface area contributed by atoms with Crippen LogP contribution in [0, 0.1) is 0 Å². The van der Waals surface area contributed by atoms with E-state index in [4.69, 9.17) is 11.6 Å². The van der Waals surface area contributed by atoms with E-state index >= 15 is 0 Å². The third-order valence-electron chi connectivity index (χ3n) is 5.01. The van der Waals surface area contributed by atoms with E-state index in [1.54, 1.807) is 6.33 Å². The van der Waals surface area contributed by atoms with Crippen molar-refractivity contribution in [2.45, 2.75) is 32.4 Å². The molecule has 0 saturated heterocycles. The van der Waals surface area contributed by atoms with Crippen molar-refractivity contribution < 1.29 is 0 Å². The Bertz CT molecular complexity index is 872. The van der Waals surface area contributed by atoms with Crippen LogP contribution in [0.5, 0.6) is 0 Å². The number of rotatable bonds is 3. The summed E-state index contributed by atoms with van der Waals surface area (Å²) in [6, 6.07) is 6.26. The molecule has 1 aromatic carbocycles. The normalized spacial score (nSPS) is 16.3. The van der Waals surface area contributed by atoms with Crippen molar-refractivity contribution in [3.05, 3.63) is 58.8 Å². The zero-order chi connectivity index (χ0) is 16.7. The van der Waals surface area contributed by atoms with Crippen LogP contribution in [-0.2, 0) is 19.5 Å². The highest BCUT2D eigenvalue weighted by atomic mass is 35.5. The van der Waals surface area contributed by atoms with Crippen molar-refractivity contribution in [2.75, 3.05) is 13.6 Å². The summed E-state index contributed by atoms with van der Waals surface area (Å²) in [7, 11) is 2.18. The predicted molar refractivity (Wildman–Crippen MR) is 97.4 cm³/mol. The van der Waals surface area contributed by atoms with Gasteiger partial charge in [0.05, 0.1) is 0 Å². The first-order chi connectivity index (χ1) is 11.6. The van der Waals surface area contributed by atoms with Gasteiger partial charge in [-0.3, -0.25) is 0 Å². The van der Waals surface area contributed by atoms with Crippen LogP contribution in [-0.4, -0.2) is 33.0 Å². The first-order valence-electron chi connectivity index (χ1n) is 8.36. The lowest BCUT2D eigenvalue weighted by atomic mass is 10.0. The number of benzene rings is 1. The van der Waals surface area contributed by atoms with Crippen LogP contribution in [0.15, 0.2) is 36.9 Å². The summed E-state index contributed by atoms with van der Waals surface area (Å²) >= 11 is 6.27. The molecule has 3 heterocycles. The van der Waals surface area contributed by atoms with Crippen molar-refractivity contribution in [3.8, 4) is 0 Å². The van der Waals surface area contributed by atoms with Crippen LogP contribution < -0.4 is 0 Å². The van der Waals surface area contributed by atoms with Crippen molar-refractivity contribution in [3.63, 3.8) is 0 Å². The highest BCUT2D eigenvalue weighted by Gasteiger charge is 2.23. The highest BCUT2D eigenvalue weighted by Crippen LogP contribution is 2.33. The van der Waals surface area contributed by atoms with Crippen molar-refractivity contribution >= 4 is 22.5 Å². The molecule has 4 nitrogen and oxygen atoms in total. The zero-order valence-electron chi connectivity index (χ0n) is 14.0. The van der Waals surface area contributed by atoms with Crippen LogP contribution in [0.25, 0.3) is 10.9 Å². The molecule has 0 bridgehead atoms. The Hall–Kier alpha value is -1.91. The Balaban J connectivity index is 1.80. The maximum absolute atomic E-state index is 6.27. The lowest BCUT2D eigenvalue weighted by molar-refractivity contribution is 0.308. The van der Waals surface area contributed by atoms with Gasteiger partial charge in [0.25, 0.3) is 0 Å². The third-order valence-corrected chi connectivity index (χ3v) is 5.25. The highest BCUT2D eigenvalue weighted by molar-refractivity contribution is 6.31. The Morgan fingerprint density at radius 2 is 2.04 bits per heavy atom. The molecule has 4 rings (SSSR count). The van der Waals surface area contributed by atoms with Crippen molar-refractivity contribution in [1.82, 2.24) is 19.4 Å². The fourth-order valence-corrected chi connectivity index (χ4v) is 3.88. The summed E-state index contributed by atoms with van der Waals surface area (Å²) in [6.45, 7) is 5.26. The van der Waals surface area contributed by atoms with E-state index in [0.717, 1.165) is 31.1 Å². The molecule has 124 valence electrons. The first kappa shape index (κ1) is 15.6. The molecular formula is C19H21ClN4. The standard InChI is InChI=1S/C19H21ClN4/c1-13(14-8-21-12-22-9-14)10-24-18-4-3-15(20)7-16(18)17-11-23(2)6-5-19(17)24/h3-4,7-9,12-13H,5-6,10-11H2,1-2H3/t13-/m1/s1. The van der Waals surface area contributed by atoms with E-state index in [9.17, 15) is 0 Å². The van der Waals surface area contributed by atoms with Gasteiger partial charge in [0.15, 0.2) is 0 Å². The molecule has 0 unspecified atom stereocenters. The minimum atomic E-state index is 0.362. The molecule has 1 atom stereocenters. The summed E-state index contributed by atoms with van der Waals surface area (Å²) in [4.78, 5) is 10.7. The Morgan fingerprint density at radius 1 is 1.25 bits per heavy atom. The SMILES string of the molecule is C[C@H](Cn1c2c(c3cc(Cl)ccc31)CN(C)CC2)c1cncnc1. The fourth-order valence-electron chi connectivity index (χ4n) is 3.71. The molecule has 5 heteroatoms. The van der Waals surface area contributed by atoms with Gasteiger partial charge in [-0.15, -0.1) is 0 Å². The van der Waals surface area contributed by atoms with Gasteiger partial charge in [-0.1, -0.05) is 18.5 Å². The number of likely N-dealkylation sites (N-methyl/N-ethyl adjacent to an activating group) is 1. The molecule has 24 heavy (non-hydrogen) atoms. The number of aromatic nitrogens is 3. The molecule has 3 aromatic rings. The molecule has 0 fully saturated rings. The van der Waals surface area contributed by atoms with E-state index in [-0.39, 0.29) is 0 Å². The number of hydrogen-bond donors (Lipinski definition) is 0. The number of fused-ring (bicyclic) bond motifs is 3. The van der Waals surface area contributed by atoms with Crippen molar-refractivity contribution in [2.24, 2.45) is 0 Å². The summed E-state index contributed by atoms with van der Waals surface area (Å²) in [5.41, 5.74) is 5.34. The molecule has 0 N–H and O–H groups in total. The number of hydrogen-bond acceptors (Lipinski definition) is 3. The van der Waals surface area contributed by atoms with Crippen LogP contribution >= 0.6 is 11.6 Å². The smallest absolute Gasteiger partial charge is 0.115 e. The average Bonchev–Trinajstić information content (AvgIpc) is 2.88. The second kappa shape index (κ2) is 6.19. The molecule has 1 aliphatic rings. The van der Waals surface area contributed by atoms with Gasteiger partial charge >= 0.3 is 0 Å². The third kappa shape index (κ3) is 2.70. The molecule has 2 aromatic heterocycles. The molecular weight excluding hydrogens is 320 g/mol. The Morgan fingerprint density at radius 3 is 2.83 bits per heavy atom. The number of halogens is 1. The van der Waals surface area contributed by atoms with E-state index < -0.39 is 0 Å². The van der Waals surface area contributed by atoms with Gasteiger partial charge in [0.2, 0.25) is 0 Å². The minimum absolute atomic E-state index is 0.362. The summed E-state index contributed by atoms with van der Waals surface area (Å²) < 4.78 is 2.48. The van der Waals surface area contributed by atoms with Crippen LogP contribution in [0.4, 0.5) is 0 Å². The van der Waals surface area contributed by atoms with Gasteiger partial charge in [0.1, 0.15) is 6.33 Å². The minimum Gasteiger partial charge on any atom is -0.344 e. The first-order valence-corrected chi connectivity index (χ1v) is 8.74. The van der Waals surface area contributed by atoms with Gasteiger partial charge in [-0.05, 0) is 36.4 Å². The van der Waals surface area contributed by atoms with Gasteiger partial charge < -0.3 is 9.47 Å². The summed E-state index contributed by atoms with van der Waals surface area (Å²) in [5, 5.41) is 2.10. The van der Waals surface area contributed by atoms with E-state index in [1.165, 1.54) is 27.7 Å². The molecule has 0 spiro atoms. The molecule has 1 aliphatic heterocycles. The molecule has 0 aliphatic carbocycles. The van der Waals surface area contributed by atoms with E-state index in [0.29, 0.717) is 5.92 Å². The monoisotopic (exact) mass is 340 g/mol. The summed E-state index contributed by atoms with van der Waals surface area (Å²) in [6.07, 6.45) is 6.50. The second-order valence-corrected chi connectivity index (χ2v) is 7.19. The second-order valence-electron chi connectivity index (χ2n) is 6.76.